The van der Waals surface area contributed by atoms with Crippen molar-refractivity contribution in [1.82, 2.24) is 0 Å². The molecule has 3 nitrogen and oxygen atoms in total. The van der Waals surface area contributed by atoms with Crippen LogP contribution in [0.1, 0.15) is 79.6 Å². The van der Waals surface area contributed by atoms with E-state index in [2.05, 4.69) is 34.6 Å². The number of fused-ring (bicyclic) bond motifs is 1. The summed E-state index contributed by atoms with van der Waals surface area (Å²) in [5.74, 6) is 0.997. The average molecular weight is 334 g/mol. The zero-order valence-corrected chi connectivity index (χ0v) is 16.0. The zero-order chi connectivity index (χ0) is 17.8. The van der Waals surface area contributed by atoms with Gasteiger partial charge < -0.3 is 9.84 Å². The van der Waals surface area contributed by atoms with Crippen LogP contribution in [0.25, 0.3) is 0 Å². The molecule has 3 rings (SSSR count). The predicted molar refractivity (Wildman–Crippen MR) is 95.1 cm³/mol. The number of aliphatic hydroxyl groups is 1. The fourth-order valence-corrected chi connectivity index (χ4v) is 6.06. The number of carbonyl (C=O) groups is 1. The van der Waals surface area contributed by atoms with Gasteiger partial charge in [0.2, 0.25) is 6.29 Å². The first-order chi connectivity index (χ1) is 11.1. The number of hydrogen-bond donors (Lipinski definition) is 1. The molecular formula is C21H34O3. The number of esters is 1. The molecule has 0 radical (unpaired) electrons. The van der Waals surface area contributed by atoms with Crippen molar-refractivity contribution in [2.75, 3.05) is 0 Å². The Morgan fingerprint density at radius 3 is 2.54 bits per heavy atom. The smallest absolute Gasteiger partial charge is 0.333 e. The topological polar surface area (TPSA) is 46.5 Å². The summed E-state index contributed by atoms with van der Waals surface area (Å²) in [6, 6.07) is 0. The fraction of sp³-hybridized carbons (Fsp3) is 0.857. The van der Waals surface area contributed by atoms with E-state index in [0.29, 0.717) is 22.7 Å². The van der Waals surface area contributed by atoms with Gasteiger partial charge in [-0.25, -0.2) is 4.79 Å². The van der Waals surface area contributed by atoms with Crippen LogP contribution in [0.5, 0.6) is 0 Å². The largest absolute Gasteiger partial charge is 0.429 e. The second-order valence-corrected chi connectivity index (χ2v) is 9.70. The highest BCUT2D eigenvalue weighted by atomic mass is 16.6. The summed E-state index contributed by atoms with van der Waals surface area (Å²) < 4.78 is 4.86. The van der Waals surface area contributed by atoms with Crippen LogP contribution in [-0.2, 0) is 9.53 Å². The summed E-state index contributed by atoms with van der Waals surface area (Å²) in [6.45, 7) is 12.3. The SMILES string of the molecule is C[C@@H]1CC[C@]2(C)[C@H](CCCC2(C)C)[C@@]1(C)CCC1=CC(=O)OC1O. The van der Waals surface area contributed by atoms with Crippen LogP contribution in [0.4, 0.5) is 0 Å². The van der Waals surface area contributed by atoms with Crippen LogP contribution in [0.2, 0.25) is 0 Å². The maximum atomic E-state index is 11.4. The Labute approximate surface area is 146 Å². The maximum absolute atomic E-state index is 11.4. The lowest BCUT2D eigenvalue weighted by atomic mass is 9.41. The van der Waals surface area contributed by atoms with Crippen molar-refractivity contribution in [1.29, 1.82) is 0 Å². The van der Waals surface area contributed by atoms with Crippen molar-refractivity contribution < 1.29 is 14.6 Å². The van der Waals surface area contributed by atoms with Crippen LogP contribution in [0.3, 0.4) is 0 Å². The minimum absolute atomic E-state index is 0.261. The molecule has 1 unspecified atom stereocenters. The molecule has 0 saturated heterocycles. The minimum Gasteiger partial charge on any atom is -0.429 e. The van der Waals surface area contributed by atoms with Gasteiger partial charge in [0.15, 0.2) is 0 Å². The van der Waals surface area contributed by atoms with Crippen molar-refractivity contribution in [2.24, 2.45) is 28.1 Å². The average Bonchev–Trinajstić information content (AvgIpc) is 2.82. The van der Waals surface area contributed by atoms with Crippen molar-refractivity contribution in [2.45, 2.75) is 85.9 Å². The fourth-order valence-electron chi connectivity index (χ4n) is 6.06. The molecule has 0 aromatic heterocycles. The number of cyclic esters (lactones) is 1. The van der Waals surface area contributed by atoms with Gasteiger partial charge in [0.05, 0.1) is 0 Å². The van der Waals surface area contributed by atoms with Gasteiger partial charge in [0.25, 0.3) is 0 Å². The summed E-state index contributed by atoms with van der Waals surface area (Å²) in [7, 11) is 0. The molecule has 2 fully saturated rings. The van der Waals surface area contributed by atoms with Crippen molar-refractivity contribution in [3.05, 3.63) is 11.6 Å². The highest BCUT2D eigenvalue weighted by Gasteiger charge is 2.58. The van der Waals surface area contributed by atoms with E-state index >= 15 is 0 Å². The van der Waals surface area contributed by atoms with E-state index in [9.17, 15) is 9.90 Å². The third-order valence-corrected chi connectivity index (χ3v) is 8.43. The molecule has 2 saturated carbocycles. The third kappa shape index (κ3) is 2.64. The monoisotopic (exact) mass is 334 g/mol. The molecule has 0 amide bonds. The van der Waals surface area contributed by atoms with Crippen LogP contribution >= 0.6 is 0 Å². The lowest BCUT2D eigenvalue weighted by Crippen LogP contribution is -2.56. The number of carbonyl (C=O) groups excluding carboxylic acids is 1. The van der Waals surface area contributed by atoms with Crippen LogP contribution in [0, 0.1) is 28.1 Å². The molecule has 0 aromatic rings. The molecule has 24 heavy (non-hydrogen) atoms. The standard InChI is InChI=1S/C21H34O3/c1-14-8-12-21(5)16(7-6-10-19(21,2)3)20(14,4)11-9-15-13-17(22)24-18(15)23/h13-14,16,18,23H,6-12H2,1-5H3/t14-,16-,18?,20+,21-/m1/s1. The van der Waals surface area contributed by atoms with Crippen molar-refractivity contribution >= 4 is 5.97 Å². The summed E-state index contributed by atoms with van der Waals surface area (Å²) in [5, 5.41) is 9.89. The number of aliphatic hydroxyl groups excluding tert-OH is 1. The lowest BCUT2D eigenvalue weighted by molar-refractivity contribution is -0.152. The van der Waals surface area contributed by atoms with E-state index in [4.69, 9.17) is 4.74 Å². The second kappa shape index (κ2) is 5.86. The van der Waals surface area contributed by atoms with E-state index in [0.717, 1.165) is 18.4 Å². The Hall–Kier alpha value is -0.830. The van der Waals surface area contributed by atoms with Crippen molar-refractivity contribution in [3.8, 4) is 0 Å². The van der Waals surface area contributed by atoms with Gasteiger partial charge in [0.1, 0.15) is 0 Å². The van der Waals surface area contributed by atoms with Gasteiger partial charge in [-0.2, -0.15) is 0 Å². The van der Waals surface area contributed by atoms with E-state index < -0.39 is 12.3 Å². The Kier molecular flexibility index (Phi) is 4.39. The van der Waals surface area contributed by atoms with Gasteiger partial charge in [0, 0.05) is 11.6 Å². The molecule has 0 bridgehead atoms. The molecule has 3 aliphatic rings. The summed E-state index contributed by atoms with van der Waals surface area (Å²) >= 11 is 0. The quantitative estimate of drug-likeness (QED) is 0.751. The third-order valence-electron chi connectivity index (χ3n) is 8.43. The molecule has 3 heteroatoms. The number of hydrogen-bond acceptors (Lipinski definition) is 3. The molecule has 0 aromatic carbocycles. The second-order valence-electron chi connectivity index (χ2n) is 9.70. The van der Waals surface area contributed by atoms with Crippen LogP contribution < -0.4 is 0 Å². The zero-order valence-electron chi connectivity index (χ0n) is 16.0. The van der Waals surface area contributed by atoms with Gasteiger partial charge >= 0.3 is 5.97 Å². The molecule has 2 aliphatic carbocycles. The Balaban J connectivity index is 1.83. The van der Waals surface area contributed by atoms with Gasteiger partial charge in [-0.15, -0.1) is 0 Å². The molecular weight excluding hydrogens is 300 g/mol. The van der Waals surface area contributed by atoms with Gasteiger partial charge in [-0.1, -0.05) is 41.0 Å². The lowest BCUT2D eigenvalue weighted by Gasteiger charge is -2.64. The van der Waals surface area contributed by atoms with Gasteiger partial charge in [-0.05, 0) is 66.6 Å². The summed E-state index contributed by atoms with van der Waals surface area (Å²) in [5.41, 5.74) is 1.80. The Morgan fingerprint density at radius 2 is 1.92 bits per heavy atom. The molecule has 1 N–H and O–H groups in total. The summed E-state index contributed by atoms with van der Waals surface area (Å²) in [6.07, 6.45) is 8.85. The highest BCUT2D eigenvalue weighted by molar-refractivity contribution is 5.85. The van der Waals surface area contributed by atoms with Crippen LogP contribution in [0.15, 0.2) is 11.6 Å². The van der Waals surface area contributed by atoms with E-state index in [1.165, 1.54) is 38.2 Å². The Bertz CT molecular complexity index is 549. The normalized spacial score (nSPS) is 44.7. The Morgan fingerprint density at radius 1 is 1.21 bits per heavy atom. The minimum atomic E-state index is -1.02. The van der Waals surface area contributed by atoms with Gasteiger partial charge in [-0.3, -0.25) is 0 Å². The van der Waals surface area contributed by atoms with Crippen molar-refractivity contribution in [3.63, 3.8) is 0 Å². The number of ether oxygens (including phenoxy) is 1. The first kappa shape index (κ1) is 18.0. The summed E-state index contributed by atoms with van der Waals surface area (Å²) in [4.78, 5) is 11.4. The van der Waals surface area contributed by atoms with E-state index in [1.54, 1.807) is 0 Å². The van der Waals surface area contributed by atoms with Crippen LogP contribution in [-0.4, -0.2) is 17.4 Å². The molecule has 1 aliphatic heterocycles. The first-order valence-electron chi connectivity index (χ1n) is 9.69. The van der Waals surface area contributed by atoms with E-state index in [-0.39, 0.29) is 5.41 Å². The number of rotatable bonds is 3. The molecule has 1 heterocycles. The van der Waals surface area contributed by atoms with E-state index in [1.807, 2.05) is 0 Å². The molecule has 0 spiro atoms. The maximum Gasteiger partial charge on any atom is 0.333 e. The predicted octanol–water partition coefficient (Wildman–Crippen LogP) is 4.84. The highest BCUT2D eigenvalue weighted by Crippen LogP contribution is 2.66. The first-order valence-corrected chi connectivity index (χ1v) is 9.69. The molecule has 136 valence electrons. The molecule has 5 atom stereocenters.